The van der Waals surface area contributed by atoms with Gasteiger partial charge in [-0.15, -0.1) is 0 Å². The fourth-order valence-corrected chi connectivity index (χ4v) is 2.26. The number of likely N-dealkylation sites (tertiary alicyclic amines) is 1. The standard InChI is InChI=1S/C11H18N2O4/c1-10(2,3)17-9(16)13-5-7(14)4-11(13)6-12-8(11)15/h7,14H,4-6H2,1-3H3,(H,12,15). The van der Waals surface area contributed by atoms with E-state index < -0.39 is 23.3 Å². The predicted molar refractivity (Wildman–Crippen MR) is 59.3 cm³/mol. The number of nitrogens with one attached hydrogen (secondary N) is 1. The quantitative estimate of drug-likeness (QED) is 0.579. The van der Waals surface area contributed by atoms with Gasteiger partial charge in [0.05, 0.1) is 19.2 Å². The summed E-state index contributed by atoms with van der Waals surface area (Å²) in [5.74, 6) is -0.208. The molecule has 0 aromatic rings. The van der Waals surface area contributed by atoms with Crippen LogP contribution >= 0.6 is 0 Å². The van der Waals surface area contributed by atoms with Gasteiger partial charge in [0.25, 0.3) is 0 Å². The molecule has 0 saturated carbocycles. The third kappa shape index (κ3) is 1.97. The Kier molecular flexibility index (Phi) is 2.57. The van der Waals surface area contributed by atoms with E-state index in [1.807, 2.05) is 0 Å². The van der Waals surface area contributed by atoms with Crippen molar-refractivity contribution < 1.29 is 19.4 Å². The Morgan fingerprint density at radius 1 is 1.59 bits per heavy atom. The Morgan fingerprint density at radius 2 is 2.24 bits per heavy atom. The number of hydrogen-bond donors (Lipinski definition) is 2. The van der Waals surface area contributed by atoms with Crippen LogP contribution in [0.4, 0.5) is 4.79 Å². The van der Waals surface area contributed by atoms with Gasteiger partial charge in [-0.05, 0) is 20.8 Å². The molecule has 6 nitrogen and oxygen atoms in total. The van der Waals surface area contributed by atoms with E-state index in [1.54, 1.807) is 20.8 Å². The van der Waals surface area contributed by atoms with Crippen molar-refractivity contribution in [3.8, 4) is 0 Å². The fraction of sp³-hybridized carbons (Fsp3) is 0.818. The molecule has 96 valence electrons. The predicted octanol–water partition coefficient (Wildman–Crippen LogP) is -0.143. The molecule has 2 saturated heterocycles. The lowest BCUT2D eigenvalue weighted by molar-refractivity contribution is -0.140. The summed E-state index contributed by atoms with van der Waals surface area (Å²) in [7, 11) is 0. The van der Waals surface area contributed by atoms with Gasteiger partial charge in [0, 0.05) is 6.42 Å². The average Bonchev–Trinajstić information content (AvgIpc) is 2.53. The summed E-state index contributed by atoms with van der Waals surface area (Å²) in [5.41, 5.74) is -1.49. The topological polar surface area (TPSA) is 78.9 Å². The summed E-state index contributed by atoms with van der Waals surface area (Å²) in [6.07, 6.45) is -0.907. The fourth-order valence-electron chi connectivity index (χ4n) is 2.26. The highest BCUT2D eigenvalue weighted by molar-refractivity contribution is 5.96. The largest absolute Gasteiger partial charge is 0.444 e. The third-order valence-electron chi connectivity index (χ3n) is 3.06. The van der Waals surface area contributed by atoms with Gasteiger partial charge in [0.15, 0.2) is 0 Å². The maximum absolute atomic E-state index is 12.0. The highest BCUT2D eigenvalue weighted by Crippen LogP contribution is 2.35. The van der Waals surface area contributed by atoms with Crippen LogP contribution in [0, 0.1) is 0 Å². The molecule has 2 aliphatic rings. The number of rotatable bonds is 0. The molecule has 6 heteroatoms. The molecule has 0 aliphatic carbocycles. The molecule has 0 radical (unpaired) electrons. The van der Waals surface area contributed by atoms with Crippen molar-refractivity contribution in [2.45, 2.75) is 44.4 Å². The van der Waals surface area contributed by atoms with Crippen molar-refractivity contribution in [1.29, 1.82) is 0 Å². The van der Waals surface area contributed by atoms with Gasteiger partial charge in [-0.25, -0.2) is 4.79 Å². The molecule has 0 aromatic carbocycles. The molecule has 17 heavy (non-hydrogen) atoms. The summed E-state index contributed by atoms with van der Waals surface area (Å²) in [6, 6.07) is 0. The van der Waals surface area contributed by atoms with E-state index in [4.69, 9.17) is 4.74 Å². The molecule has 0 bridgehead atoms. The zero-order chi connectivity index (χ0) is 12.8. The van der Waals surface area contributed by atoms with Gasteiger partial charge in [-0.3, -0.25) is 9.69 Å². The second kappa shape index (κ2) is 3.60. The number of carbonyl (C=O) groups excluding carboxylic acids is 2. The smallest absolute Gasteiger partial charge is 0.411 e. The number of aliphatic hydroxyl groups is 1. The lowest BCUT2D eigenvalue weighted by atomic mass is 9.88. The minimum atomic E-state index is -0.887. The van der Waals surface area contributed by atoms with Crippen LogP contribution < -0.4 is 5.32 Å². The summed E-state index contributed by atoms with van der Waals surface area (Å²) in [4.78, 5) is 24.9. The molecule has 2 aliphatic heterocycles. The van der Waals surface area contributed by atoms with Gasteiger partial charge in [0.1, 0.15) is 11.1 Å². The third-order valence-corrected chi connectivity index (χ3v) is 3.06. The van der Waals surface area contributed by atoms with Gasteiger partial charge >= 0.3 is 6.09 Å². The summed E-state index contributed by atoms with van der Waals surface area (Å²) in [5, 5.41) is 12.2. The van der Waals surface area contributed by atoms with Gasteiger partial charge in [-0.1, -0.05) is 0 Å². The first kappa shape index (κ1) is 12.2. The number of amides is 2. The van der Waals surface area contributed by atoms with Crippen molar-refractivity contribution in [1.82, 2.24) is 10.2 Å². The molecule has 2 N–H and O–H groups in total. The van der Waals surface area contributed by atoms with E-state index in [9.17, 15) is 14.7 Å². The number of nitrogens with zero attached hydrogens (tertiary/aromatic N) is 1. The Bertz CT molecular complexity index is 363. The maximum atomic E-state index is 12.0. The number of hydrogen-bond acceptors (Lipinski definition) is 4. The lowest BCUT2D eigenvalue weighted by Gasteiger charge is -2.43. The molecule has 2 atom stereocenters. The van der Waals surface area contributed by atoms with Gasteiger partial charge < -0.3 is 15.2 Å². The molecule has 2 heterocycles. The number of β-amino-alcohol motifs (C(OH)–C–C–N with tert-alkyl or cyclic N) is 1. The van der Waals surface area contributed by atoms with Crippen LogP contribution in [0.15, 0.2) is 0 Å². The number of aliphatic hydroxyl groups excluding tert-OH is 1. The maximum Gasteiger partial charge on any atom is 0.411 e. The van der Waals surface area contributed by atoms with Crippen LogP contribution in [0.5, 0.6) is 0 Å². The van der Waals surface area contributed by atoms with Gasteiger partial charge in [-0.2, -0.15) is 0 Å². The second-order valence-electron chi connectivity index (χ2n) is 5.66. The molecule has 2 amide bonds. The highest BCUT2D eigenvalue weighted by atomic mass is 16.6. The normalized spacial score (nSPS) is 32.4. The van der Waals surface area contributed by atoms with Crippen LogP contribution in [0.25, 0.3) is 0 Å². The first-order valence-corrected chi connectivity index (χ1v) is 5.72. The highest BCUT2D eigenvalue weighted by Gasteiger charge is 2.59. The first-order chi connectivity index (χ1) is 7.74. The Balaban J connectivity index is 2.14. The zero-order valence-electron chi connectivity index (χ0n) is 10.3. The molecule has 1 spiro atoms. The molecular formula is C11H18N2O4. The van der Waals surface area contributed by atoms with Crippen molar-refractivity contribution in [2.24, 2.45) is 0 Å². The molecule has 2 rings (SSSR count). The Morgan fingerprint density at radius 3 is 2.65 bits per heavy atom. The van der Waals surface area contributed by atoms with Crippen LogP contribution in [-0.2, 0) is 9.53 Å². The average molecular weight is 242 g/mol. The van der Waals surface area contributed by atoms with Crippen LogP contribution in [0.3, 0.4) is 0 Å². The van der Waals surface area contributed by atoms with Crippen molar-refractivity contribution >= 4 is 12.0 Å². The second-order valence-corrected chi connectivity index (χ2v) is 5.66. The van der Waals surface area contributed by atoms with Crippen molar-refractivity contribution in [3.63, 3.8) is 0 Å². The van der Waals surface area contributed by atoms with E-state index in [0.717, 1.165) is 0 Å². The monoisotopic (exact) mass is 242 g/mol. The van der Waals surface area contributed by atoms with Crippen LogP contribution in [0.2, 0.25) is 0 Å². The van der Waals surface area contributed by atoms with Gasteiger partial charge in [0.2, 0.25) is 5.91 Å². The SMILES string of the molecule is CC(C)(C)OC(=O)N1CC(O)CC12CNC2=O. The summed E-state index contributed by atoms with van der Waals surface area (Å²) in [6.45, 7) is 5.85. The van der Waals surface area contributed by atoms with Crippen LogP contribution in [-0.4, -0.2) is 52.3 Å². The van der Waals surface area contributed by atoms with E-state index in [2.05, 4.69) is 5.32 Å². The lowest BCUT2D eigenvalue weighted by Crippen LogP contribution is -2.71. The van der Waals surface area contributed by atoms with E-state index in [1.165, 1.54) is 4.90 Å². The number of carbonyl (C=O) groups is 2. The number of β-lactam (4-membered cyclic amide) rings is 1. The van der Waals surface area contributed by atoms with Crippen molar-refractivity contribution in [2.75, 3.05) is 13.1 Å². The Labute approximate surface area is 99.9 Å². The molecular weight excluding hydrogens is 224 g/mol. The minimum Gasteiger partial charge on any atom is -0.444 e. The first-order valence-electron chi connectivity index (χ1n) is 5.72. The van der Waals surface area contributed by atoms with Crippen LogP contribution in [0.1, 0.15) is 27.2 Å². The molecule has 0 aromatic heterocycles. The van der Waals surface area contributed by atoms with E-state index >= 15 is 0 Å². The summed E-state index contributed by atoms with van der Waals surface area (Å²) >= 11 is 0. The van der Waals surface area contributed by atoms with Crippen molar-refractivity contribution in [3.05, 3.63) is 0 Å². The zero-order valence-corrected chi connectivity index (χ0v) is 10.3. The van der Waals surface area contributed by atoms with E-state index in [0.29, 0.717) is 6.54 Å². The number of ether oxygens (including phenoxy) is 1. The Hall–Kier alpha value is -1.30. The molecule has 2 fully saturated rings. The van der Waals surface area contributed by atoms with E-state index in [-0.39, 0.29) is 18.9 Å². The minimum absolute atomic E-state index is 0.155. The summed E-state index contributed by atoms with van der Waals surface area (Å²) < 4.78 is 5.25. The molecule has 2 unspecified atom stereocenters.